The van der Waals surface area contributed by atoms with Gasteiger partial charge >= 0.3 is 6.18 Å². The van der Waals surface area contributed by atoms with Gasteiger partial charge in [0, 0.05) is 24.8 Å². The second kappa shape index (κ2) is 5.74. The van der Waals surface area contributed by atoms with E-state index in [0.717, 1.165) is 12.1 Å². The van der Waals surface area contributed by atoms with Crippen LogP contribution in [0.3, 0.4) is 0 Å². The van der Waals surface area contributed by atoms with Crippen molar-refractivity contribution in [2.75, 3.05) is 18.5 Å². The predicted molar refractivity (Wildman–Crippen MR) is 64.9 cm³/mol. The van der Waals surface area contributed by atoms with Gasteiger partial charge in [-0.05, 0) is 25.1 Å². The Morgan fingerprint density at radius 2 is 2.11 bits per heavy atom. The summed E-state index contributed by atoms with van der Waals surface area (Å²) in [5.74, 6) is -0.301. The molecule has 0 saturated heterocycles. The van der Waals surface area contributed by atoms with E-state index in [1.54, 1.807) is 18.9 Å². The molecule has 0 saturated carbocycles. The van der Waals surface area contributed by atoms with Crippen molar-refractivity contribution in [3.8, 4) is 6.07 Å². The minimum Gasteiger partial charge on any atom is -0.373 e. The number of alkyl halides is 3. The lowest BCUT2D eigenvalue weighted by Gasteiger charge is -2.22. The van der Waals surface area contributed by atoms with Crippen LogP contribution in [0.2, 0.25) is 0 Å². The predicted octanol–water partition coefficient (Wildman–Crippen LogP) is 3.11. The van der Waals surface area contributed by atoms with E-state index in [4.69, 9.17) is 5.26 Å². The van der Waals surface area contributed by atoms with Crippen molar-refractivity contribution < 1.29 is 18.0 Å². The summed E-state index contributed by atoms with van der Waals surface area (Å²) in [6.45, 7) is 2.00. The molecule has 0 fully saturated rings. The molecule has 0 spiro atoms. The second-order valence-electron chi connectivity index (χ2n) is 4.30. The van der Waals surface area contributed by atoms with E-state index in [1.165, 1.54) is 6.07 Å². The number of hydrogen-bond acceptors (Lipinski definition) is 3. The first-order valence-corrected chi connectivity index (χ1v) is 5.56. The lowest BCUT2D eigenvalue weighted by Crippen LogP contribution is -2.23. The van der Waals surface area contributed by atoms with Crippen LogP contribution in [-0.4, -0.2) is 19.9 Å². The fourth-order valence-corrected chi connectivity index (χ4v) is 1.69. The molecule has 1 rings (SSSR count). The fraction of sp³-hybridized carbons (Fsp3) is 0.385. The molecular formula is C13H13F3N2O. The maximum atomic E-state index is 12.8. The van der Waals surface area contributed by atoms with Crippen molar-refractivity contribution >= 4 is 12.0 Å². The molecular weight excluding hydrogens is 257 g/mol. The zero-order valence-electron chi connectivity index (χ0n) is 10.5. The minimum absolute atomic E-state index is 0.185. The van der Waals surface area contributed by atoms with Crippen molar-refractivity contribution in [3.05, 3.63) is 29.3 Å². The molecule has 0 aliphatic rings. The highest BCUT2D eigenvalue weighted by molar-refractivity contribution is 5.79. The first kappa shape index (κ1) is 15.0. The summed E-state index contributed by atoms with van der Waals surface area (Å²) >= 11 is 0. The SMILES string of the molecule is CC(C#N)CN(C)c1ccc(C=O)c(C(F)(F)F)c1. The van der Waals surface area contributed by atoms with Gasteiger partial charge < -0.3 is 4.90 Å². The van der Waals surface area contributed by atoms with E-state index in [2.05, 4.69) is 0 Å². The molecule has 0 bridgehead atoms. The lowest BCUT2D eigenvalue weighted by molar-refractivity contribution is -0.137. The Kier molecular flexibility index (Phi) is 4.54. The van der Waals surface area contributed by atoms with E-state index in [1.807, 2.05) is 6.07 Å². The zero-order chi connectivity index (χ0) is 14.6. The standard InChI is InChI=1S/C13H13F3N2O/c1-9(6-17)7-18(2)11-4-3-10(8-19)12(5-11)13(14,15)16/h3-5,8-9H,7H2,1-2H3. The number of carbonyl (C=O) groups is 1. The molecule has 3 nitrogen and oxygen atoms in total. The van der Waals surface area contributed by atoms with Crippen LogP contribution in [0.1, 0.15) is 22.8 Å². The number of anilines is 1. The topological polar surface area (TPSA) is 44.1 Å². The van der Waals surface area contributed by atoms with Gasteiger partial charge in [-0.3, -0.25) is 4.79 Å². The first-order valence-electron chi connectivity index (χ1n) is 5.56. The molecule has 1 aromatic carbocycles. The van der Waals surface area contributed by atoms with Crippen molar-refractivity contribution in [2.45, 2.75) is 13.1 Å². The Balaban J connectivity index is 3.12. The third-order valence-electron chi connectivity index (χ3n) is 2.68. The highest BCUT2D eigenvalue weighted by Crippen LogP contribution is 2.34. The number of aldehydes is 1. The van der Waals surface area contributed by atoms with Crippen LogP contribution in [0, 0.1) is 17.2 Å². The van der Waals surface area contributed by atoms with Crippen LogP contribution in [0.25, 0.3) is 0 Å². The first-order chi connectivity index (χ1) is 8.79. The monoisotopic (exact) mass is 270 g/mol. The molecule has 1 unspecified atom stereocenters. The molecule has 19 heavy (non-hydrogen) atoms. The van der Waals surface area contributed by atoms with Gasteiger partial charge in [0.05, 0.1) is 17.6 Å². The summed E-state index contributed by atoms with van der Waals surface area (Å²) in [6, 6.07) is 5.51. The van der Waals surface area contributed by atoms with Crippen LogP contribution in [-0.2, 0) is 6.18 Å². The third kappa shape index (κ3) is 3.71. The number of nitrogens with zero attached hydrogens (tertiary/aromatic N) is 2. The Labute approximate surface area is 109 Å². The lowest BCUT2D eigenvalue weighted by atomic mass is 10.1. The number of rotatable bonds is 4. The van der Waals surface area contributed by atoms with Gasteiger partial charge in [-0.1, -0.05) is 0 Å². The summed E-state index contributed by atoms with van der Waals surface area (Å²) in [4.78, 5) is 12.2. The summed E-state index contributed by atoms with van der Waals surface area (Å²) in [7, 11) is 1.60. The van der Waals surface area contributed by atoms with Crippen LogP contribution in [0.15, 0.2) is 18.2 Å². The largest absolute Gasteiger partial charge is 0.417 e. The van der Waals surface area contributed by atoms with Crippen LogP contribution < -0.4 is 4.90 Å². The van der Waals surface area contributed by atoms with Gasteiger partial charge in [0.1, 0.15) is 0 Å². The minimum atomic E-state index is -4.58. The maximum absolute atomic E-state index is 12.8. The molecule has 0 aromatic heterocycles. The maximum Gasteiger partial charge on any atom is 0.417 e. The highest BCUT2D eigenvalue weighted by atomic mass is 19.4. The number of carbonyl (C=O) groups excluding carboxylic acids is 1. The molecule has 0 aliphatic carbocycles. The molecule has 102 valence electrons. The zero-order valence-corrected chi connectivity index (χ0v) is 10.5. The van der Waals surface area contributed by atoms with Crippen LogP contribution in [0.4, 0.5) is 18.9 Å². The molecule has 0 amide bonds. The van der Waals surface area contributed by atoms with Gasteiger partial charge in [0.25, 0.3) is 0 Å². The van der Waals surface area contributed by atoms with Crippen molar-refractivity contribution in [3.63, 3.8) is 0 Å². The summed E-state index contributed by atoms with van der Waals surface area (Å²) in [5.41, 5.74) is -1.03. The summed E-state index contributed by atoms with van der Waals surface area (Å²) in [6.07, 6.45) is -4.39. The average Bonchev–Trinajstić information content (AvgIpc) is 2.36. The smallest absolute Gasteiger partial charge is 0.373 e. The molecule has 0 radical (unpaired) electrons. The van der Waals surface area contributed by atoms with Crippen LogP contribution >= 0.6 is 0 Å². The second-order valence-corrected chi connectivity index (χ2v) is 4.30. The number of halogens is 3. The Hall–Kier alpha value is -2.03. The van der Waals surface area contributed by atoms with Crippen molar-refractivity contribution in [1.82, 2.24) is 0 Å². The fourth-order valence-electron chi connectivity index (χ4n) is 1.69. The Morgan fingerprint density at radius 3 is 2.58 bits per heavy atom. The van der Waals surface area contributed by atoms with E-state index < -0.39 is 17.3 Å². The van der Waals surface area contributed by atoms with Gasteiger partial charge in [-0.25, -0.2) is 0 Å². The van der Waals surface area contributed by atoms with Gasteiger partial charge in [-0.2, -0.15) is 18.4 Å². The molecule has 6 heteroatoms. The van der Waals surface area contributed by atoms with Crippen molar-refractivity contribution in [2.24, 2.45) is 5.92 Å². The summed E-state index contributed by atoms with van der Waals surface area (Å²) < 4.78 is 38.3. The summed E-state index contributed by atoms with van der Waals surface area (Å²) in [5, 5.41) is 8.69. The van der Waals surface area contributed by atoms with Crippen LogP contribution in [0.5, 0.6) is 0 Å². The Bertz CT molecular complexity index is 506. The van der Waals surface area contributed by atoms with Crippen molar-refractivity contribution in [1.29, 1.82) is 5.26 Å². The molecule has 1 aromatic rings. The highest BCUT2D eigenvalue weighted by Gasteiger charge is 2.33. The average molecular weight is 270 g/mol. The van der Waals surface area contributed by atoms with E-state index in [-0.39, 0.29) is 12.2 Å². The third-order valence-corrected chi connectivity index (χ3v) is 2.68. The van der Waals surface area contributed by atoms with E-state index >= 15 is 0 Å². The quantitative estimate of drug-likeness (QED) is 0.789. The molecule has 0 aliphatic heterocycles. The normalized spacial score (nSPS) is 12.6. The Morgan fingerprint density at radius 1 is 1.47 bits per heavy atom. The van der Waals surface area contributed by atoms with E-state index in [9.17, 15) is 18.0 Å². The van der Waals surface area contributed by atoms with E-state index in [0.29, 0.717) is 12.2 Å². The molecule has 1 atom stereocenters. The molecule has 0 heterocycles. The van der Waals surface area contributed by atoms with Gasteiger partial charge in [0.15, 0.2) is 6.29 Å². The number of benzene rings is 1. The number of hydrogen-bond donors (Lipinski definition) is 0. The molecule has 0 N–H and O–H groups in total. The van der Waals surface area contributed by atoms with Gasteiger partial charge in [0.2, 0.25) is 0 Å². The number of nitriles is 1. The van der Waals surface area contributed by atoms with Gasteiger partial charge in [-0.15, -0.1) is 0 Å².